The van der Waals surface area contributed by atoms with E-state index in [1.165, 1.54) is 13.3 Å². The van der Waals surface area contributed by atoms with Crippen molar-refractivity contribution in [2.75, 3.05) is 64.3 Å². The van der Waals surface area contributed by atoms with Crippen LogP contribution in [0.15, 0.2) is 35.3 Å². The molecule has 232 valence electrons. The van der Waals surface area contributed by atoms with E-state index in [0.29, 0.717) is 57.3 Å². The first-order chi connectivity index (χ1) is 20.7. The van der Waals surface area contributed by atoms with Gasteiger partial charge in [0.05, 0.1) is 52.0 Å². The molecule has 2 amide bonds. The monoisotopic (exact) mass is 599 g/mol. The van der Waals surface area contributed by atoms with Crippen molar-refractivity contribution in [1.82, 2.24) is 30.6 Å². The Morgan fingerprint density at radius 1 is 1.07 bits per heavy atom. The molecule has 0 fully saturated rings. The van der Waals surface area contributed by atoms with Crippen LogP contribution in [0.1, 0.15) is 28.9 Å². The van der Waals surface area contributed by atoms with Gasteiger partial charge in [-0.25, -0.2) is 14.8 Å². The molecule has 3 aromatic rings. The fourth-order valence-corrected chi connectivity index (χ4v) is 3.91. The zero-order chi connectivity index (χ0) is 31.2. The molecule has 0 bridgehead atoms. The van der Waals surface area contributed by atoms with Gasteiger partial charge in [-0.05, 0) is 30.7 Å². The predicted octanol–water partition coefficient (Wildman–Crippen LogP) is -0.909. The molecule has 16 nitrogen and oxygen atoms in total. The van der Waals surface area contributed by atoms with Gasteiger partial charge >= 0.3 is 5.97 Å². The van der Waals surface area contributed by atoms with Gasteiger partial charge in [-0.3, -0.25) is 19.4 Å². The SMILES string of the molecule is COC(=O)[C@H](CCC(=O)NCCOCCOCCN)NC(=O)c1ccc(N(C)Cc2cnc3nc(N)[nH]c(=O)c3n2)cc1. The Kier molecular flexibility index (Phi) is 12.7. The first kappa shape index (κ1) is 32.8. The van der Waals surface area contributed by atoms with E-state index in [4.69, 9.17) is 25.7 Å². The normalized spacial score (nSPS) is 11.6. The zero-order valence-corrected chi connectivity index (χ0v) is 24.1. The Balaban J connectivity index is 1.49. The number of nitrogens with zero attached hydrogens (tertiary/aromatic N) is 4. The standard InChI is InChI=1S/C27H37N9O7/c1-36(16-18-15-31-23-22(32-18)25(39)35-27(29)34-23)19-5-3-17(4-6-19)24(38)33-20(26(40)41-2)7-8-21(37)30-10-12-43-14-13-42-11-9-28/h3-6,15,20H,7-14,16,28H2,1-2H3,(H,30,37)(H,33,38)(H3,29,31,34,35,39)/t20-/m0/s1. The fourth-order valence-electron chi connectivity index (χ4n) is 3.91. The lowest BCUT2D eigenvalue weighted by atomic mass is 10.1. The number of hydrogen-bond donors (Lipinski definition) is 5. The summed E-state index contributed by atoms with van der Waals surface area (Å²) in [5, 5.41) is 5.34. The van der Waals surface area contributed by atoms with Gasteiger partial charge in [0.15, 0.2) is 11.2 Å². The number of anilines is 2. The van der Waals surface area contributed by atoms with Gasteiger partial charge in [0.1, 0.15) is 6.04 Å². The maximum Gasteiger partial charge on any atom is 0.328 e. The number of carbonyl (C=O) groups excluding carboxylic acids is 3. The highest BCUT2D eigenvalue weighted by molar-refractivity contribution is 5.97. The number of H-pyrrole nitrogens is 1. The number of carbonyl (C=O) groups is 3. The maximum absolute atomic E-state index is 12.9. The summed E-state index contributed by atoms with van der Waals surface area (Å²) in [6, 6.07) is 5.65. The minimum atomic E-state index is -1.01. The van der Waals surface area contributed by atoms with Gasteiger partial charge in [0.2, 0.25) is 11.9 Å². The van der Waals surface area contributed by atoms with Crippen molar-refractivity contribution >= 4 is 40.6 Å². The van der Waals surface area contributed by atoms with Crippen LogP contribution < -0.4 is 32.6 Å². The van der Waals surface area contributed by atoms with Crippen molar-refractivity contribution in [2.24, 2.45) is 5.73 Å². The lowest BCUT2D eigenvalue weighted by Crippen LogP contribution is -2.42. The van der Waals surface area contributed by atoms with Crippen LogP contribution in [0.2, 0.25) is 0 Å². The summed E-state index contributed by atoms with van der Waals surface area (Å²) in [6.07, 6.45) is 1.56. The van der Waals surface area contributed by atoms with Crippen molar-refractivity contribution in [3.8, 4) is 0 Å². The highest BCUT2D eigenvalue weighted by Gasteiger charge is 2.23. The fraction of sp³-hybridized carbons (Fsp3) is 0.444. The smallest absolute Gasteiger partial charge is 0.328 e. The minimum Gasteiger partial charge on any atom is -0.467 e. The van der Waals surface area contributed by atoms with Crippen molar-refractivity contribution < 1.29 is 28.6 Å². The quantitative estimate of drug-likeness (QED) is 0.0936. The second kappa shape index (κ2) is 16.7. The number of methoxy groups -OCH3 is 1. The second-order valence-electron chi connectivity index (χ2n) is 9.34. The Bertz CT molecular complexity index is 1430. The first-order valence-electron chi connectivity index (χ1n) is 13.6. The van der Waals surface area contributed by atoms with Gasteiger partial charge in [-0.2, -0.15) is 4.98 Å². The molecule has 1 aromatic carbocycles. The third kappa shape index (κ3) is 10.3. The Morgan fingerprint density at radius 3 is 2.49 bits per heavy atom. The third-order valence-electron chi connectivity index (χ3n) is 6.11. The molecule has 0 spiro atoms. The van der Waals surface area contributed by atoms with Gasteiger partial charge in [-0.15, -0.1) is 0 Å². The number of aromatic nitrogens is 4. The highest BCUT2D eigenvalue weighted by atomic mass is 16.5. The lowest BCUT2D eigenvalue weighted by molar-refractivity contribution is -0.143. The highest BCUT2D eigenvalue weighted by Crippen LogP contribution is 2.17. The number of benzene rings is 1. The van der Waals surface area contributed by atoms with Crippen LogP contribution in [0.5, 0.6) is 0 Å². The van der Waals surface area contributed by atoms with Crippen molar-refractivity contribution in [1.29, 1.82) is 0 Å². The van der Waals surface area contributed by atoms with Crippen LogP contribution in [0.25, 0.3) is 11.2 Å². The molecule has 3 rings (SSSR count). The van der Waals surface area contributed by atoms with Crippen LogP contribution in [-0.2, 0) is 30.3 Å². The predicted molar refractivity (Wildman–Crippen MR) is 157 cm³/mol. The number of nitrogens with one attached hydrogen (secondary N) is 3. The number of nitrogens with two attached hydrogens (primary N) is 2. The molecule has 16 heteroatoms. The molecule has 0 radical (unpaired) electrons. The number of esters is 1. The Labute approximate surface area is 247 Å². The topological polar surface area (TPSA) is 230 Å². The molecule has 0 saturated carbocycles. The summed E-state index contributed by atoms with van der Waals surface area (Å²) in [5.74, 6) is -1.49. The van der Waals surface area contributed by atoms with E-state index in [2.05, 4.69) is 30.6 Å². The average Bonchev–Trinajstić information content (AvgIpc) is 3.00. The molecule has 0 aliphatic heterocycles. The number of amides is 2. The van der Waals surface area contributed by atoms with Crippen LogP contribution >= 0.6 is 0 Å². The summed E-state index contributed by atoms with van der Waals surface area (Å²) in [7, 11) is 3.03. The Hall–Kier alpha value is -4.67. The molecule has 0 unspecified atom stereocenters. The van der Waals surface area contributed by atoms with E-state index in [-0.39, 0.29) is 35.9 Å². The third-order valence-corrected chi connectivity index (χ3v) is 6.11. The van der Waals surface area contributed by atoms with E-state index in [9.17, 15) is 19.2 Å². The summed E-state index contributed by atoms with van der Waals surface area (Å²) < 4.78 is 15.3. The van der Waals surface area contributed by atoms with Crippen molar-refractivity contribution in [2.45, 2.75) is 25.4 Å². The number of aromatic amines is 1. The summed E-state index contributed by atoms with van der Waals surface area (Å²) in [5.41, 5.74) is 12.2. The maximum atomic E-state index is 12.9. The number of ether oxygens (including phenoxy) is 3. The van der Waals surface area contributed by atoms with Gasteiger partial charge in [0.25, 0.3) is 11.5 Å². The number of rotatable bonds is 17. The van der Waals surface area contributed by atoms with Crippen LogP contribution in [-0.4, -0.2) is 97.4 Å². The lowest BCUT2D eigenvalue weighted by Gasteiger charge is -2.20. The van der Waals surface area contributed by atoms with E-state index >= 15 is 0 Å². The largest absolute Gasteiger partial charge is 0.467 e. The van der Waals surface area contributed by atoms with Crippen molar-refractivity contribution in [3.05, 3.63) is 52.1 Å². The van der Waals surface area contributed by atoms with Gasteiger partial charge < -0.3 is 41.2 Å². The van der Waals surface area contributed by atoms with Crippen LogP contribution in [0.4, 0.5) is 11.6 Å². The number of hydrogen-bond acceptors (Lipinski definition) is 13. The summed E-state index contributed by atoms with van der Waals surface area (Å²) >= 11 is 0. The molecule has 1 atom stereocenters. The molecular formula is C27H37N9O7. The second-order valence-corrected chi connectivity index (χ2v) is 9.34. The molecular weight excluding hydrogens is 562 g/mol. The average molecular weight is 600 g/mol. The van der Waals surface area contributed by atoms with E-state index in [0.717, 1.165) is 5.69 Å². The molecule has 0 aliphatic carbocycles. The van der Waals surface area contributed by atoms with Crippen LogP contribution in [0.3, 0.4) is 0 Å². The summed E-state index contributed by atoms with van der Waals surface area (Å²) in [4.78, 5) is 66.2. The molecule has 0 saturated heterocycles. The van der Waals surface area contributed by atoms with Gasteiger partial charge in [-0.1, -0.05) is 0 Å². The van der Waals surface area contributed by atoms with Crippen molar-refractivity contribution in [3.63, 3.8) is 0 Å². The van der Waals surface area contributed by atoms with Gasteiger partial charge in [0, 0.05) is 37.8 Å². The molecule has 2 heterocycles. The van der Waals surface area contributed by atoms with Crippen LogP contribution in [0, 0.1) is 0 Å². The Morgan fingerprint density at radius 2 is 1.79 bits per heavy atom. The molecule has 2 aromatic heterocycles. The van der Waals surface area contributed by atoms with E-state index in [1.54, 1.807) is 24.3 Å². The molecule has 0 aliphatic rings. The zero-order valence-electron chi connectivity index (χ0n) is 24.1. The number of fused-ring (bicyclic) bond motifs is 1. The summed E-state index contributed by atoms with van der Waals surface area (Å²) in [6.45, 7) is 2.64. The first-order valence-corrected chi connectivity index (χ1v) is 13.6. The minimum absolute atomic E-state index is 0.00360. The van der Waals surface area contributed by atoms with E-state index < -0.39 is 23.5 Å². The molecule has 43 heavy (non-hydrogen) atoms. The van der Waals surface area contributed by atoms with E-state index in [1.807, 2.05) is 11.9 Å². The number of nitrogen functional groups attached to an aromatic ring is 1. The molecule has 7 N–H and O–H groups in total.